The van der Waals surface area contributed by atoms with Crippen LogP contribution in [0.15, 0.2) is 29.2 Å². The monoisotopic (exact) mass is 327 g/mol. The molecule has 116 valence electrons. The first-order valence-electron chi connectivity index (χ1n) is 7.03. The van der Waals surface area contributed by atoms with Crippen LogP contribution in [0.1, 0.15) is 25.3 Å². The van der Waals surface area contributed by atoms with E-state index in [0.717, 1.165) is 13.1 Å². The molecule has 1 aromatic rings. The summed E-state index contributed by atoms with van der Waals surface area (Å²) in [6.07, 6.45) is 2.37. The van der Waals surface area contributed by atoms with Crippen LogP contribution in [0.5, 0.6) is 0 Å². The number of nitrogens with one attached hydrogen (secondary N) is 1. The topological polar surface area (TPSA) is 75.4 Å². The van der Waals surface area contributed by atoms with Crippen molar-refractivity contribution in [2.24, 2.45) is 5.73 Å². The van der Waals surface area contributed by atoms with Gasteiger partial charge in [0.05, 0.1) is 4.90 Å². The molecular weight excluding hydrogens is 306 g/mol. The number of sulfonamides is 1. The van der Waals surface area contributed by atoms with Crippen LogP contribution < -0.4 is 10.5 Å². The number of hydrogen-bond acceptors (Lipinski definition) is 4. The summed E-state index contributed by atoms with van der Waals surface area (Å²) in [6.45, 7) is 4.67. The SMILES string of the molecule is CC(CN1CCCC1)NS(=O)(=O)c1ccccc1C(N)=S. The van der Waals surface area contributed by atoms with E-state index < -0.39 is 10.0 Å². The van der Waals surface area contributed by atoms with Gasteiger partial charge in [-0.1, -0.05) is 30.4 Å². The Morgan fingerprint density at radius 2 is 2.00 bits per heavy atom. The molecule has 0 bridgehead atoms. The first-order chi connectivity index (χ1) is 9.90. The van der Waals surface area contributed by atoms with Gasteiger partial charge in [-0.2, -0.15) is 0 Å². The van der Waals surface area contributed by atoms with Gasteiger partial charge in [-0.15, -0.1) is 0 Å². The average Bonchev–Trinajstić information content (AvgIpc) is 2.90. The Bertz CT molecular complexity index is 610. The Morgan fingerprint density at radius 1 is 1.38 bits per heavy atom. The highest BCUT2D eigenvalue weighted by atomic mass is 32.2. The highest BCUT2D eigenvalue weighted by Crippen LogP contribution is 2.16. The van der Waals surface area contributed by atoms with Gasteiger partial charge in [0.25, 0.3) is 0 Å². The molecule has 0 amide bonds. The van der Waals surface area contributed by atoms with E-state index in [-0.39, 0.29) is 15.9 Å². The summed E-state index contributed by atoms with van der Waals surface area (Å²) in [5, 5.41) is 0. The van der Waals surface area contributed by atoms with E-state index in [9.17, 15) is 8.42 Å². The molecule has 1 unspecified atom stereocenters. The average molecular weight is 327 g/mol. The summed E-state index contributed by atoms with van der Waals surface area (Å²) in [4.78, 5) is 2.50. The molecule has 1 saturated heterocycles. The zero-order valence-corrected chi connectivity index (χ0v) is 13.7. The van der Waals surface area contributed by atoms with Gasteiger partial charge >= 0.3 is 0 Å². The number of hydrogen-bond donors (Lipinski definition) is 2. The first kappa shape index (κ1) is 16.4. The van der Waals surface area contributed by atoms with E-state index in [2.05, 4.69) is 9.62 Å². The number of nitrogens with zero attached hydrogens (tertiary/aromatic N) is 1. The van der Waals surface area contributed by atoms with Crippen molar-refractivity contribution >= 4 is 27.2 Å². The Labute approximate surface area is 131 Å². The van der Waals surface area contributed by atoms with Crippen molar-refractivity contribution in [3.63, 3.8) is 0 Å². The number of thiocarbonyl (C=S) groups is 1. The second-order valence-corrected chi connectivity index (χ2v) is 7.51. The molecule has 1 fully saturated rings. The minimum Gasteiger partial charge on any atom is -0.389 e. The summed E-state index contributed by atoms with van der Waals surface area (Å²) >= 11 is 4.93. The molecule has 1 atom stereocenters. The molecule has 1 heterocycles. The van der Waals surface area contributed by atoms with Crippen LogP contribution in [0.25, 0.3) is 0 Å². The van der Waals surface area contributed by atoms with Gasteiger partial charge in [-0.3, -0.25) is 0 Å². The number of benzene rings is 1. The molecule has 0 spiro atoms. The lowest BCUT2D eigenvalue weighted by molar-refractivity contribution is 0.313. The van der Waals surface area contributed by atoms with Crippen molar-refractivity contribution in [2.75, 3.05) is 19.6 Å². The fourth-order valence-electron chi connectivity index (χ4n) is 2.62. The maximum absolute atomic E-state index is 12.5. The van der Waals surface area contributed by atoms with Crippen molar-refractivity contribution in [2.45, 2.75) is 30.7 Å². The van der Waals surface area contributed by atoms with E-state index in [0.29, 0.717) is 12.1 Å². The summed E-state index contributed by atoms with van der Waals surface area (Å²) < 4.78 is 27.7. The molecule has 0 radical (unpaired) electrons. The molecule has 1 aliphatic rings. The van der Waals surface area contributed by atoms with Gasteiger partial charge in [-0.05, 0) is 38.9 Å². The van der Waals surface area contributed by atoms with E-state index in [4.69, 9.17) is 18.0 Å². The molecule has 3 N–H and O–H groups in total. The van der Waals surface area contributed by atoms with Crippen LogP contribution in [-0.2, 0) is 10.0 Å². The van der Waals surface area contributed by atoms with E-state index in [1.807, 2.05) is 6.92 Å². The van der Waals surface area contributed by atoms with Crippen molar-refractivity contribution in [1.82, 2.24) is 9.62 Å². The van der Waals surface area contributed by atoms with Crippen LogP contribution in [0.2, 0.25) is 0 Å². The highest BCUT2D eigenvalue weighted by molar-refractivity contribution is 7.89. The molecular formula is C14H21N3O2S2. The van der Waals surface area contributed by atoms with Crippen molar-refractivity contribution in [3.8, 4) is 0 Å². The molecule has 5 nitrogen and oxygen atoms in total. The molecule has 0 saturated carbocycles. The van der Waals surface area contributed by atoms with Crippen LogP contribution in [-0.4, -0.2) is 44.0 Å². The Hall–Kier alpha value is -1.02. The summed E-state index contributed by atoms with van der Waals surface area (Å²) in [6, 6.07) is 6.39. The van der Waals surface area contributed by atoms with E-state index >= 15 is 0 Å². The third kappa shape index (κ3) is 4.23. The molecule has 0 aromatic heterocycles. The fourth-order valence-corrected chi connectivity index (χ4v) is 4.32. The number of nitrogens with two attached hydrogens (primary N) is 1. The number of rotatable bonds is 6. The molecule has 7 heteroatoms. The van der Waals surface area contributed by atoms with Gasteiger partial charge in [0.1, 0.15) is 4.99 Å². The maximum Gasteiger partial charge on any atom is 0.241 e. The van der Waals surface area contributed by atoms with Gasteiger partial charge in [0.2, 0.25) is 10.0 Å². The lowest BCUT2D eigenvalue weighted by Crippen LogP contribution is -2.41. The summed E-state index contributed by atoms with van der Waals surface area (Å²) in [5.74, 6) is 0. The Kier molecular flexibility index (Phi) is 5.32. The first-order valence-corrected chi connectivity index (χ1v) is 8.93. The normalized spacial score (nSPS) is 17.8. The van der Waals surface area contributed by atoms with Crippen molar-refractivity contribution in [1.29, 1.82) is 0 Å². The minimum absolute atomic E-state index is 0.0863. The van der Waals surface area contributed by atoms with Crippen LogP contribution in [0.3, 0.4) is 0 Å². The summed E-state index contributed by atoms with van der Waals surface area (Å²) in [5.41, 5.74) is 5.99. The zero-order chi connectivity index (χ0) is 15.5. The zero-order valence-electron chi connectivity index (χ0n) is 12.1. The molecule has 0 aliphatic carbocycles. The second-order valence-electron chi connectivity index (χ2n) is 5.39. The second kappa shape index (κ2) is 6.83. The van der Waals surface area contributed by atoms with E-state index in [1.165, 1.54) is 18.9 Å². The highest BCUT2D eigenvalue weighted by Gasteiger charge is 2.23. The van der Waals surface area contributed by atoms with Gasteiger partial charge < -0.3 is 10.6 Å². The van der Waals surface area contributed by atoms with Gasteiger partial charge in [0.15, 0.2) is 0 Å². The minimum atomic E-state index is -3.62. The van der Waals surface area contributed by atoms with Gasteiger partial charge in [-0.25, -0.2) is 13.1 Å². The third-order valence-electron chi connectivity index (χ3n) is 3.53. The quantitative estimate of drug-likeness (QED) is 0.765. The van der Waals surface area contributed by atoms with Gasteiger partial charge in [0, 0.05) is 18.2 Å². The third-order valence-corrected chi connectivity index (χ3v) is 5.40. The fraction of sp³-hybridized carbons (Fsp3) is 0.500. The molecule has 1 aliphatic heterocycles. The lowest BCUT2D eigenvalue weighted by Gasteiger charge is -2.21. The predicted molar refractivity (Wildman–Crippen MR) is 87.8 cm³/mol. The standard InChI is InChI=1S/C14H21N3O2S2/c1-11(10-17-8-4-5-9-17)16-21(18,19)13-7-3-2-6-12(13)14(15)20/h2-3,6-7,11,16H,4-5,8-10H2,1H3,(H2,15,20). The van der Waals surface area contributed by atoms with Crippen LogP contribution in [0.4, 0.5) is 0 Å². The van der Waals surface area contributed by atoms with Crippen LogP contribution >= 0.6 is 12.2 Å². The molecule has 1 aromatic carbocycles. The molecule has 2 rings (SSSR count). The predicted octanol–water partition coefficient (Wildman–Crippen LogP) is 1.08. The van der Waals surface area contributed by atoms with Crippen LogP contribution in [0, 0.1) is 0 Å². The Balaban J connectivity index is 2.12. The number of likely N-dealkylation sites (tertiary alicyclic amines) is 1. The lowest BCUT2D eigenvalue weighted by atomic mass is 10.2. The smallest absolute Gasteiger partial charge is 0.241 e. The van der Waals surface area contributed by atoms with E-state index in [1.54, 1.807) is 18.2 Å². The maximum atomic E-state index is 12.5. The van der Waals surface area contributed by atoms with Crippen molar-refractivity contribution in [3.05, 3.63) is 29.8 Å². The molecule has 21 heavy (non-hydrogen) atoms. The summed E-state index contributed by atoms with van der Waals surface area (Å²) in [7, 11) is -3.62. The largest absolute Gasteiger partial charge is 0.389 e. The Morgan fingerprint density at radius 3 is 2.62 bits per heavy atom. The van der Waals surface area contributed by atoms with Crippen molar-refractivity contribution < 1.29 is 8.42 Å².